The second kappa shape index (κ2) is 9.40. The van der Waals surface area contributed by atoms with Gasteiger partial charge in [0.15, 0.2) is 0 Å². The molecule has 0 saturated carbocycles. The first-order valence-electron chi connectivity index (χ1n) is 10.2. The fraction of sp³-hybridized carbons (Fsp3) is 0.364. The van der Waals surface area contributed by atoms with Crippen LogP contribution in [0.15, 0.2) is 36.7 Å². The van der Waals surface area contributed by atoms with E-state index >= 15 is 0 Å². The molecule has 3 aromatic rings. The summed E-state index contributed by atoms with van der Waals surface area (Å²) in [6, 6.07) is 7.38. The van der Waals surface area contributed by atoms with E-state index in [0.29, 0.717) is 42.5 Å². The number of nitrogens with one attached hydrogen (secondary N) is 2. The van der Waals surface area contributed by atoms with Crippen molar-refractivity contribution in [1.29, 1.82) is 0 Å². The number of hydrogen-bond donors (Lipinski definition) is 2. The minimum atomic E-state index is -0.118. The van der Waals surface area contributed by atoms with E-state index in [1.807, 2.05) is 17.0 Å². The van der Waals surface area contributed by atoms with Crippen molar-refractivity contribution in [3.63, 3.8) is 0 Å². The normalized spacial score (nSPS) is 15.9. The summed E-state index contributed by atoms with van der Waals surface area (Å²) in [5.41, 5.74) is 1.60. The first kappa shape index (κ1) is 21.2. The molecule has 4 rings (SSSR count). The van der Waals surface area contributed by atoms with Crippen molar-refractivity contribution in [2.75, 3.05) is 45.7 Å². The molecule has 1 aliphatic rings. The monoisotopic (exact) mass is 439 g/mol. The fourth-order valence-corrected chi connectivity index (χ4v) is 5.08. The van der Waals surface area contributed by atoms with E-state index < -0.39 is 0 Å². The molecule has 31 heavy (non-hydrogen) atoms. The quantitative estimate of drug-likeness (QED) is 0.550. The maximum atomic E-state index is 13.1. The summed E-state index contributed by atoms with van der Waals surface area (Å²) >= 11 is 1.40. The minimum absolute atomic E-state index is 0.0230. The maximum Gasteiger partial charge on any atom is 0.261 e. The van der Waals surface area contributed by atoms with E-state index in [0.717, 1.165) is 22.2 Å². The topological polar surface area (TPSA) is 96.5 Å². The summed E-state index contributed by atoms with van der Waals surface area (Å²) in [5.74, 6) is 0.597. The van der Waals surface area contributed by atoms with E-state index in [-0.39, 0.29) is 17.7 Å². The number of methoxy groups -OCH3 is 1. The van der Waals surface area contributed by atoms with Crippen molar-refractivity contribution in [2.45, 2.75) is 12.3 Å². The summed E-state index contributed by atoms with van der Waals surface area (Å²) < 4.78 is 5.04. The summed E-state index contributed by atoms with van der Waals surface area (Å²) in [5, 5.41) is 6.88. The number of amides is 2. The molecule has 0 aromatic carbocycles. The predicted octanol–water partition coefficient (Wildman–Crippen LogP) is 2.74. The Bertz CT molecular complexity index is 1100. The van der Waals surface area contributed by atoms with Crippen molar-refractivity contribution in [2.24, 2.45) is 0 Å². The Labute approximate surface area is 184 Å². The van der Waals surface area contributed by atoms with Gasteiger partial charge in [-0.15, -0.1) is 11.3 Å². The largest absolute Gasteiger partial charge is 0.383 e. The van der Waals surface area contributed by atoms with Crippen molar-refractivity contribution in [3.8, 4) is 0 Å². The van der Waals surface area contributed by atoms with Crippen LogP contribution in [0.4, 0.5) is 5.82 Å². The third kappa shape index (κ3) is 4.38. The molecular formula is C22H25N5O3S. The lowest BCUT2D eigenvalue weighted by Gasteiger charge is -2.17. The third-order valence-electron chi connectivity index (χ3n) is 5.45. The Kier molecular flexibility index (Phi) is 6.43. The second-order valence-corrected chi connectivity index (χ2v) is 8.37. The number of hydrogen-bond acceptors (Lipinski definition) is 7. The fourth-order valence-electron chi connectivity index (χ4n) is 3.94. The lowest BCUT2D eigenvalue weighted by Crippen LogP contribution is -2.29. The van der Waals surface area contributed by atoms with Crippen molar-refractivity contribution in [1.82, 2.24) is 20.2 Å². The van der Waals surface area contributed by atoms with Crippen LogP contribution in [0, 0.1) is 0 Å². The minimum Gasteiger partial charge on any atom is -0.383 e. The number of thiophene rings is 1. The molecular weight excluding hydrogens is 414 g/mol. The highest BCUT2D eigenvalue weighted by Gasteiger charge is 2.33. The van der Waals surface area contributed by atoms with Crippen LogP contribution in [0.25, 0.3) is 10.2 Å². The molecule has 1 unspecified atom stereocenters. The average molecular weight is 440 g/mol. The van der Waals surface area contributed by atoms with Gasteiger partial charge < -0.3 is 20.3 Å². The summed E-state index contributed by atoms with van der Waals surface area (Å²) in [4.78, 5) is 37.9. The highest BCUT2D eigenvalue weighted by Crippen LogP contribution is 2.39. The number of nitrogens with zero attached hydrogens (tertiary/aromatic N) is 3. The van der Waals surface area contributed by atoms with Gasteiger partial charge in [-0.05, 0) is 30.2 Å². The van der Waals surface area contributed by atoms with Crippen molar-refractivity contribution in [3.05, 3.63) is 52.7 Å². The van der Waals surface area contributed by atoms with Gasteiger partial charge in [0.1, 0.15) is 10.6 Å². The van der Waals surface area contributed by atoms with Gasteiger partial charge in [0.2, 0.25) is 0 Å². The van der Waals surface area contributed by atoms with Gasteiger partial charge in [0.25, 0.3) is 11.8 Å². The summed E-state index contributed by atoms with van der Waals surface area (Å²) in [6.07, 6.45) is 4.17. The zero-order chi connectivity index (χ0) is 21.8. The molecule has 0 radical (unpaired) electrons. The van der Waals surface area contributed by atoms with Crippen molar-refractivity contribution < 1.29 is 14.3 Å². The number of ether oxygens (including phenoxy) is 1. The zero-order valence-electron chi connectivity index (χ0n) is 17.6. The van der Waals surface area contributed by atoms with Crippen LogP contribution in [0.2, 0.25) is 0 Å². The van der Waals surface area contributed by atoms with E-state index in [9.17, 15) is 9.59 Å². The SMILES string of the molecule is CNc1cc(C(=O)N2CCC(c3c(C(=O)NCCOC)sc4ncccc34)C2)ccn1. The van der Waals surface area contributed by atoms with Crippen LogP contribution < -0.4 is 10.6 Å². The van der Waals surface area contributed by atoms with E-state index in [4.69, 9.17) is 4.74 Å². The number of aromatic nitrogens is 2. The third-order valence-corrected chi connectivity index (χ3v) is 6.58. The Morgan fingerprint density at radius 2 is 2.16 bits per heavy atom. The summed E-state index contributed by atoms with van der Waals surface area (Å²) in [6.45, 7) is 2.11. The molecule has 0 bridgehead atoms. The van der Waals surface area contributed by atoms with E-state index in [1.54, 1.807) is 38.7 Å². The molecule has 1 aliphatic heterocycles. The number of carbonyl (C=O) groups is 2. The van der Waals surface area contributed by atoms with Gasteiger partial charge in [-0.3, -0.25) is 9.59 Å². The number of likely N-dealkylation sites (tertiary alicyclic amines) is 1. The van der Waals surface area contributed by atoms with Crippen molar-refractivity contribution >= 4 is 39.2 Å². The van der Waals surface area contributed by atoms with Crippen LogP contribution in [0.5, 0.6) is 0 Å². The molecule has 1 atom stereocenters. The molecule has 162 valence electrons. The highest BCUT2D eigenvalue weighted by atomic mass is 32.1. The number of fused-ring (bicyclic) bond motifs is 1. The van der Waals surface area contributed by atoms with E-state index in [1.165, 1.54) is 11.3 Å². The Morgan fingerprint density at radius 1 is 1.29 bits per heavy atom. The number of carbonyl (C=O) groups excluding carboxylic acids is 2. The predicted molar refractivity (Wildman–Crippen MR) is 121 cm³/mol. The molecule has 4 heterocycles. The number of rotatable bonds is 7. The molecule has 8 nitrogen and oxygen atoms in total. The standard InChI is InChI=1S/C22H25N5O3S/c1-23-17-12-14(5-8-24-17)22(29)27-10-6-15(13-27)18-16-4-3-7-26-21(16)31-19(18)20(28)25-9-11-30-2/h3-5,7-8,12,15H,6,9-11,13H2,1-2H3,(H,23,24)(H,25,28). The van der Waals surface area contributed by atoms with Gasteiger partial charge >= 0.3 is 0 Å². The smallest absolute Gasteiger partial charge is 0.261 e. The maximum absolute atomic E-state index is 13.1. The second-order valence-electron chi connectivity index (χ2n) is 7.37. The van der Waals surface area contributed by atoms with Crippen LogP contribution in [-0.2, 0) is 4.74 Å². The van der Waals surface area contributed by atoms with Gasteiger partial charge in [-0.1, -0.05) is 6.07 Å². The molecule has 9 heteroatoms. The summed E-state index contributed by atoms with van der Waals surface area (Å²) in [7, 11) is 3.38. The lowest BCUT2D eigenvalue weighted by molar-refractivity contribution is 0.0790. The highest BCUT2D eigenvalue weighted by molar-refractivity contribution is 7.20. The van der Waals surface area contributed by atoms with E-state index in [2.05, 4.69) is 20.6 Å². The molecule has 2 N–H and O–H groups in total. The van der Waals surface area contributed by atoms with Gasteiger partial charge in [0, 0.05) is 63.1 Å². The Morgan fingerprint density at radius 3 is 2.97 bits per heavy atom. The Hall–Kier alpha value is -3.04. The molecule has 1 fully saturated rings. The lowest BCUT2D eigenvalue weighted by atomic mass is 9.95. The van der Waals surface area contributed by atoms with Crippen LogP contribution >= 0.6 is 11.3 Å². The van der Waals surface area contributed by atoms with Gasteiger partial charge in [-0.25, -0.2) is 9.97 Å². The number of pyridine rings is 2. The average Bonchev–Trinajstić information content (AvgIpc) is 3.43. The molecule has 3 aromatic heterocycles. The van der Waals surface area contributed by atoms with Gasteiger partial charge in [0.05, 0.1) is 11.5 Å². The first-order valence-corrected chi connectivity index (χ1v) is 11.0. The number of anilines is 1. The Balaban J connectivity index is 1.59. The van der Waals surface area contributed by atoms with Crippen LogP contribution in [-0.4, -0.2) is 67.1 Å². The van der Waals surface area contributed by atoms with Gasteiger partial charge in [-0.2, -0.15) is 0 Å². The zero-order valence-corrected chi connectivity index (χ0v) is 18.4. The molecule has 0 spiro atoms. The molecule has 0 aliphatic carbocycles. The van der Waals surface area contributed by atoms with Crippen LogP contribution in [0.3, 0.4) is 0 Å². The molecule has 1 saturated heterocycles. The van der Waals surface area contributed by atoms with Crippen LogP contribution in [0.1, 0.15) is 37.9 Å². The first-order chi connectivity index (χ1) is 15.1. The molecule has 2 amide bonds.